The Morgan fingerprint density at radius 2 is 1.58 bits per heavy atom. The lowest BCUT2D eigenvalue weighted by molar-refractivity contribution is 0.0472. The zero-order valence-electron chi connectivity index (χ0n) is 14.5. The second kappa shape index (κ2) is 7.56. The molecule has 0 amide bonds. The van der Waals surface area contributed by atoms with Crippen molar-refractivity contribution in [1.82, 2.24) is 4.31 Å². The highest BCUT2D eigenvalue weighted by Crippen LogP contribution is 2.17. The molecule has 0 saturated carbocycles. The van der Waals surface area contributed by atoms with E-state index in [2.05, 4.69) is 0 Å². The number of hydrogen-bond acceptors (Lipinski definition) is 6. The molecule has 7 nitrogen and oxygen atoms in total. The molecule has 9 heteroatoms. The van der Waals surface area contributed by atoms with E-state index in [0.29, 0.717) is 5.56 Å². The molecule has 0 heterocycles. The molecule has 0 aliphatic carbocycles. The number of benzene rings is 2. The first kappa shape index (κ1) is 20.1. The van der Waals surface area contributed by atoms with Gasteiger partial charge in [0.1, 0.15) is 6.61 Å². The van der Waals surface area contributed by atoms with E-state index < -0.39 is 25.8 Å². The number of carbonyl (C=O) groups excluding carboxylic acids is 1. The fraction of sp³-hybridized carbons (Fsp3) is 0.235. The van der Waals surface area contributed by atoms with Crippen LogP contribution in [0.1, 0.15) is 15.9 Å². The van der Waals surface area contributed by atoms with Gasteiger partial charge in [-0.05, 0) is 35.9 Å². The Balaban J connectivity index is 2.16. The molecule has 0 bridgehead atoms. The lowest BCUT2D eigenvalue weighted by Crippen LogP contribution is -2.22. The van der Waals surface area contributed by atoms with Gasteiger partial charge in [-0.15, -0.1) is 0 Å². The van der Waals surface area contributed by atoms with E-state index in [-0.39, 0.29) is 22.0 Å². The first-order valence-corrected chi connectivity index (χ1v) is 10.8. The predicted octanol–water partition coefficient (Wildman–Crippen LogP) is 1.70. The summed E-state index contributed by atoms with van der Waals surface area (Å²) < 4.78 is 53.7. The third kappa shape index (κ3) is 4.69. The number of sulfonamides is 1. The second-order valence-electron chi connectivity index (χ2n) is 5.81. The van der Waals surface area contributed by atoms with Crippen LogP contribution in [0.3, 0.4) is 0 Å². The molecule has 0 radical (unpaired) electrons. The molecule has 0 atom stereocenters. The van der Waals surface area contributed by atoms with Crippen LogP contribution >= 0.6 is 0 Å². The van der Waals surface area contributed by atoms with E-state index in [1.807, 2.05) is 0 Å². The minimum atomic E-state index is -3.59. The van der Waals surface area contributed by atoms with Gasteiger partial charge in [0.25, 0.3) is 0 Å². The van der Waals surface area contributed by atoms with Crippen molar-refractivity contribution in [3.8, 4) is 0 Å². The fourth-order valence-electron chi connectivity index (χ4n) is 2.09. The number of carbonyl (C=O) groups is 1. The van der Waals surface area contributed by atoms with Crippen LogP contribution in [0.25, 0.3) is 0 Å². The van der Waals surface area contributed by atoms with E-state index in [1.165, 1.54) is 50.5 Å². The molecule has 0 unspecified atom stereocenters. The van der Waals surface area contributed by atoms with Gasteiger partial charge in [-0.25, -0.2) is 25.9 Å². The van der Waals surface area contributed by atoms with E-state index in [9.17, 15) is 21.6 Å². The van der Waals surface area contributed by atoms with Crippen LogP contribution < -0.4 is 0 Å². The Hall–Kier alpha value is -2.23. The predicted molar refractivity (Wildman–Crippen MR) is 96.0 cm³/mol. The van der Waals surface area contributed by atoms with E-state index in [4.69, 9.17) is 4.74 Å². The van der Waals surface area contributed by atoms with Gasteiger partial charge >= 0.3 is 5.97 Å². The molecular formula is C17H19NO6S2. The maximum atomic E-state index is 12.1. The summed E-state index contributed by atoms with van der Waals surface area (Å²) >= 11 is 0. The van der Waals surface area contributed by atoms with Crippen LogP contribution in [-0.2, 0) is 31.2 Å². The van der Waals surface area contributed by atoms with Gasteiger partial charge < -0.3 is 4.74 Å². The van der Waals surface area contributed by atoms with Gasteiger partial charge in [0, 0.05) is 20.4 Å². The zero-order chi connectivity index (χ0) is 19.5. The SMILES string of the molecule is CN(C)S(=O)(=O)c1cccc(COC(=O)c2cccc(S(C)(=O)=O)c2)c1. The topological polar surface area (TPSA) is 97.8 Å². The van der Waals surface area contributed by atoms with Crippen molar-refractivity contribution in [2.75, 3.05) is 20.4 Å². The van der Waals surface area contributed by atoms with Gasteiger partial charge in [0.2, 0.25) is 10.0 Å². The maximum Gasteiger partial charge on any atom is 0.338 e. The van der Waals surface area contributed by atoms with Crippen molar-refractivity contribution < 1.29 is 26.4 Å². The third-order valence-electron chi connectivity index (χ3n) is 3.54. The molecule has 0 spiro atoms. The molecule has 0 aromatic heterocycles. The van der Waals surface area contributed by atoms with Crippen LogP contribution in [-0.4, -0.2) is 47.5 Å². The summed E-state index contributed by atoms with van der Waals surface area (Å²) in [5.41, 5.74) is 0.602. The Bertz CT molecular complexity index is 1030. The van der Waals surface area contributed by atoms with Gasteiger partial charge in [0.05, 0.1) is 15.4 Å². The van der Waals surface area contributed by atoms with Gasteiger partial charge in [0.15, 0.2) is 9.84 Å². The van der Waals surface area contributed by atoms with Crippen molar-refractivity contribution in [3.63, 3.8) is 0 Å². The average Bonchev–Trinajstić information content (AvgIpc) is 2.59. The highest BCUT2D eigenvalue weighted by molar-refractivity contribution is 7.90. The minimum Gasteiger partial charge on any atom is -0.457 e. The van der Waals surface area contributed by atoms with Gasteiger partial charge in [-0.3, -0.25) is 0 Å². The Labute approximate surface area is 153 Å². The summed E-state index contributed by atoms with van der Waals surface area (Å²) in [7, 11) is -4.17. The minimum absolute atomic E-state index is 0.0195. The van der Waals surface area contributed by atoms with Gasteiger partial charge in [-0.2, -0.15) is 0 Å². The second-order valence-corrected chi connectivity index (χ2v) is 9.98. The van der Waals surface area contributed by atoms with E-state index in [1.54, 1.807) is 12.1 Å². The summed E-state index contributed by atoms with van der Waals surface area (Å²) in [5, 5.41) is 0. The van der Waals surface area contributed by atoms with Crippen LogP contribution in [0.5, 0.6) is 0 Å². The number of esters is 1. The number of sulfone groups is 1. The van der Waals surface area contributed by atoms with Crippen LogP contribution in [0.2, 0.25) is 0 Å². The summed E-state index contributed by atoms with van der Waals surface area (Å²) in [5.74, 6) is -0.698. The van der Waals surface area contributed by atoms with Crippen molar-refractivity contribution in [3.05, 3.63) is 59.7 Å². The average molecular weight is 397 g/mol. The molecular weight excluding hydrogens is 378 g/mol. The smallest absolute Gasteiger partial charge is 0.338 e. The molecule has 0 fully saturated rings. The first-order valence-electron chi connectivity index (χ1n) is 7.50. The quantitative estimate of drug-likeness (QED) is 0.688. The van der Waals surface area contributed by atoms with Crippen LogP contribution in [0, 0.1) is 0 Å². The fourth-order valence-corrected chi connectivity index (χ4v) is 3.73. The highest BCUT2D eigenvalue weighted by atomic mass is 32.2. The molecule has 140 valence electrons. The molecule has 2 rings (SSSR count). The molecule has 0 aliphatic rings. The number of nitrogens with zero attached hydrogens (tertiary/aromatic N) is 1. The Kier molecular flexibility index (Phi) is 5.84. The molecule has 0 N–H and O–H groups in total. The van der Waals surface area contributed by atoms with E-state index >= 15 is 0 Å². The normalized spacial score (nSPS) is 12.2. The largest absolute Gasteiger partial charge is 0.457 e. The summed E-state index contributed by atoms with van der Waals surface area (Å²) in [4.78, 5) is 12.3. The molecule has 2 aromatic carbocycles. The van der Waals surface area contributed by atoms with Crippen LogP contribution in [0.15, 0.2) is 58.3 Å². The zero-order valence-corrected chi connectivity index (χ0v) is 16.2. The Morgan fingerprint density at radius 1 is 0.962 bits per heavy atom. The third-order valence-corrected chi connectivity index (χ3v) is 6.47. The van der Waals surface area contributed by atoms with E-state index in [0.717, 1.165) is 10.6 Å². The maximum absolute atomic E-state index is 12.1. The molecule has 2 aromatic rings. The van der Waals surface area contributed by atoms with Crippen LogP contribution in [0.4, 0.5) is 0 Å². The molecule has 0 aliphatic heterocycles. The van der Waals surface area contributed by atoms with Crippen molar-refractivity contribution in [1.29, 1.82) is 0 Å². The van der Waals surface area contributed by atoms with Crippen molar-refractivity contribution >= 4 is 25.8 Å². The summed E-state index contributed by atoms with van der Waals surface area (Å²) in [6.45, 7) is -0.140. The van der Waals surface area contributed by atoms with Crippen molar-refractivity contribution in [2.24, 2.45) is 0 Å². The monoisotopic (exact) mass is 397 g/mol. The molecule has 26 heavy (non-hydrogen) atoms. The van der Waals surface area contributed by atoms with Gasteiger partial charge in [-0.1, -0.05) is 18.2 Å². The first-order chi connectivity index (χ1) is 12.0. The number of rotatable bonds is 6. The standard InChI is InChI=1S/C17H19NO6S2/c1-18(2)26(22,23)16-9-4-6-13(10-16)12-24-17(19)14-7-5-8-15(11-14)25(3,20)21/h4-11H,12H2,1-3H3. The number of ether oxygens (including phenoxy) is 1. The summed E-state index contributed by atoms with van der Waals surface area (Å²) in [6.07, 6.45) is 1.05. The van der Waals surface area contributed by atoms with Crippen molar-refractivity contribution in [2.45, 2.75) is 16.4 Å². The Morgan fingerprint density at radius 3 is 2.19 bits per heavy atom. The lowest BCUT2D eigenvalue weighted by Gasteiger charge is -2.12. The number of hydrogen-bond donors (Lipinski definition) is 0. The lowest BCUT2D eigenvalue weighted by atomic mass is 10.2. The highest BCUT2D eigenvalue weighted by Gasteiger charge is 2.18. The summed E-state index contributed by atoms with van der Waals surface area (Å²) in [6, 6.07) is 11.6. The molecule has 0 saturated heterocycles.